The molecule has 0 bridgehead atoms. The molecule has 6 heteroatoms. The summed E-state index contributed by atoms with van der Waals surface area (Å²) in [6, 6.07) is 1.26. The van der Waals surface area contributed by atoms with E-state index in [2.05, 4.69) is 0 Å². The Hall–Kier alpha value is -1.98. The van der Waals surface area contributed by atoms with Crippen molar-refractivity contribution in [3.8, 4) is 0 Å². The van der Waals surface area contributed by atoms with E-state index >= 15 is 0 Å². The fraction of sp³-hybridized carbons (Fsp3) is 0.111. The number of carboxylic acid groups (broad SMARTS) is 1. The van der Waals surface area contributed by atoms with Crippen LogP contribution in [-0.2, 0) is 4.79 Å². The molecule has 0 unspecified atom stereocenters. The van der Waals surface area contributed by atoms with Crippen LogP contribution in [0.1, 0.15) is 17.3 Å². The highest BCUT2D eigenvalue weighted by Gasteiger charge is 2.16. The average molecular weight is 215 g/mol. The molecule has 0 saturated carbocycles. The maximum Gasteiger partial charge on any atom is 0.338 e. The van der Waals surface area contributed by atoms with Gasteiger partial charge < -0.3 is 10.4 Å². The van der Waals surface area contributed by atoms with Gasteiger partial charge in [-0.1, -0.05) is 0 Å². The molecule has 2 N–H and O–H groups in total. The average Bonchev–Trinajstić information content (AvgIpc) is 2.09. The Morgan fingerprint density at radius 2 is 1.93 bits per heavy atom. The highest BCUT2D eigenvalue weighted by atomic mass is 19.1. The Kier molecular flexibility index (Phi) is 2.99. The van der Waals surface area contributed by atoms with Crippen LogP contribution < -0.4 is 5.32 Å². The number of nitrogens with one attached hydrogen (secondary N) is 1. The van der Waals surface area contributed by atoms with E-state index < -0.39 is 34.8 Å². The minimum absolute atomic E-state index is 0.486. The van der Waals surface area contributed by atoms with Gasteiger partial charge in [-0.15, -0.1) is 0 Å². The van der Waals surface area contributed by atoms with Crippen LogP contribution in [0.5, 0.6) is 0 Å². The van der Waals surface area contributed by atoms with Crippen LogP contribution >= 0.6 is 0 Å². The molecule has 0 radical (unpaired) electrons. The van der Waals surface area contributed by atoms with Crippen molar-refractivity contribution < 1.29 is 23.5 Å². The summed E-state index contributed by atoms with van der Waals surface area (Å²) in [6.45, 7) is 1.10. The van der Waals surface area contributed by atoms with E-state index in [9.17, 15) is 18.4 Å². The molecule has 80 valence electrons. The molecule has 0 aliphatic carbocycles. The van der Waals surface area contributed by atoms with Crippen LogP contribution in [0.3, 0.4) is 0 Å². The van der Waals surface area contributed by atoms with Gasteiger partial charge in [0.15, 0.2) is 5.82 Å². The van der Waals surface area contributed by atoms with Crippen molar-refractivity contribution in [3.05, 3.63) is 29.3 Å². The lowest BCUT2D eigenvalue weighted by atomic mass is 10.1. The van der Waals surface area contributed by atoms with Crippen LogP contribution in [0.25, 0.3) is 0 Å². The number of hydrogen-bond acceptors (Lipinski definition) is 2. The lowest BCUT2D eigenvalue weighted by Gasteiger charge is -2.06. The van der Waals surface area contributed by atoms with Crippen LogP contribution in [0.4, 0.5) is 14.5 Å². The Bertz CT molecular complexity index is 432. The molecule has 0 atom stereocenters. The van der Waals surface area contributed by atoms with Crippen molar-refractivity contribution in [1.29, 1.82) is 0 Å². The second kappa shape index (κ2) is 4.04. The van der Waals surface area contributed by atoms with Gasteiger partial charge in [0, 0.05) is 13.0 Å². The molecular formula is C9H7F2NO3. The van der Waals surface area contributed by atoms with Crippen LogP contribution in [-0.4, -0.2) is 17.0 Å². The van der Waals surface area contributed by atoms with Gasteiger partial charge in [0.05, 0.1) is 5.69 Å². The number of benzene rings is 1. The number of halogens is 2. The molecular weight excluding hydrogens is 208 g/mol. The first-order valence-corrected chi connectivity index (χ1v) is 3.91. The van der Waals surface area contributed by atoms with Gasteiger partial charge in [0.1, 0.15) is 11.4 Å². The standard InChI is InChI=1S/C9H7F2NO3/c1-4(13)12-7-3-5(10)2-6(8(7)11)9(14)15/h2-3H,1H3,(H,12,13)(H,14,15). The van der Waals surface area contributed by atoms with E-state index in [1.807, 2.05) is 5.32 Å². The molecule has 1 amide bonds. The molecule has 0 aliphatic rings. The van der Waals surface area contributed by atoms with E-state index in [-0.39, 0.29) is 0 Å². The predicted molar refractivity (Wildman–Crippen MR) is 47.6 cm³/mol. The predicted octanol–water partition coefficient (Wildman–Crippen LogP) is 1.62. The van der Waals surface area contributed by atoms with Crippen LogP contribution in [0, 0.1) is 11.6 Å². The smallest absolute Gasteiger partial charge is 0.338 e. The largest absolute Gasteiger partial charge is 0.478 e. The van der Waals surface area contributed by atoms with Gasteiger partial charge in [-0.2, -0.15) is 0 Å². The third-order valence-electron chi connectivity index (χ3n) is 1.58. The van der Waals surface area contributed by atoms with Gasteiger partial charge >= 0.3 is 5.97 Å². The summed E-state index contributed by atoms with van der Waals surface area (Å²) >= 11 is 0. The van der Waals surface area contributed by atoms with E-state index in [1.54, 1.807) is 0 Å². The van der Waals surface area contributed by atoms with Crippen molar-refractivity contribution in [2.45, 2.75) is 6.92 Å². The van der Waals surface area contributed by atoms with Crippen LogP contribution in [0.2, 0.25) is 0 Å². The molecule has 1 rings (SSSR count). The monoisotopic (exact) mass is 215 g/mol. The minimum Gasteiger partial charge on any atom is -0.478 e. The Labute approximate surface area is 83.5 Å². The maximum absolute atomic E-state index is 13.3. The summed E-state index contributed by atoms with van der Waals surface area (Å²) in [5, 5.41) is 10.5. The number of carbonyl (C=O) groups excluding carboxylic acids is 1. The summed E-state index contributed by atoms with van der Waals surface area (Å²) in [5.74, 6) is -4.31. The molecule has 0 spiro atoms. The SMILES string of the molecule is CC(=O)Nc1cc(F)cc(C(=O)O)c1F. The van der Waals surface area contributed by atoms with Gasteiger partial charge in [0.2, 0.25) is 5.91 Å². The number of rotatable bonds is 2. The summed E-state index contributed by atoms with van der Waals surface area (Å²) in [5.41, 5.74) is -1.31. The maximum atomic E-state index is 13.3. The van der Waals surface area contributed by atoms with Gasteiger partial charge in [-0.3, -0.25) is 4.79 Å². The first-order valence-electron chi connectivity index (χ1n) is 3.91. The fourth-order valence-electron chi connectivity index (χ4n) is 1.03. The number of carbonyl (C=O) groups is 2. The van der Waals surface area contributed by atoms with E-state index in [0.29, 0.717) is 12.1 Å². The van der Waals surface area contributed by atoms with Crippen molar-refractivity contribution in [3.63, 3.8) is 0 Å². The first-order chi connectivity index (χ1) is 6.91. The minimum atomic E-state index is -1.60. The molecule has 15 heavy (non-hydrogen) atoms. The van der Waals surface area contributed by atoms with Gasteiger partial charge in [0.25, 0.3) is 0 Å². The van der Waals surface area contributed by atoms with Gasteiger partial charge in [-0.25, -0.2) is 13.6 Å². The quantitative estimate of drug-likeness (QED) is 0.787. The Morgan fingerprint density at radius 3 is 2.40 bits per heavy atom. The second-order valence-corrected chi connectivity index (χ2v) is 2.80. The van der Waals surface area contributed by atoms with E-state index in [4.69, 9.17) is 5.11 Å². The second-order valence-electron chi connectivity index (χ2n) is 2.80. The number of anilines is 1. The zero-order valence-corrected chi connectivity index (χ0v) is 7.67. The highest BCUT2D eigenvalue weighted by Crippen LogP contribution is 2.20. The first kappa shape index (κ1) is 11.1. The summed E-state index contributed by atoms with van der Waals surface area (Å²) < 4.78 is 26.1. The number of aromatic carboxylic acids is 1. The van der Waals surface area contributed by atoms with E-state index in [0.717, 1.165) is 6.92 Å². The third kappa shape index (κ3) is 2.49. The molecule has 1 aromatic carbocycles. The Balaban J connectivity index is 3.28. The normalized spacial score (nSPS) is 9.80. The topological polar surface area (TPSA) is 66.4 Å². The number of hydrogen-bond donors (Lipinski definition) is 2. The van der Waals surface area contributed by atoms with Crippen molar-refractivity contribution in [2.75, 3.05) is 5.32 Å². The van der Waals surface area contributed by atoms with Crippen molar-refractivity contribution in [1.82, 2.24) is 0 Å². The molecule has 1 aromatic rings. The summed E-state index contributed by atoms with van der Waals surface area (Å²) in [7, 11) is 0. The van der Waals surface area contributed by atoms with Crippen molar-refractivity contribution >= 4 is 17.6 Å². The molecule has 0 aromatic heterocycles. The zero-order chi connectivity index (χ0) is 11.6. The Morgan fingerprint density at radius 1 is 1.33 bits per heavy atom. The zero-order valence-electron chi connectivity index (χ0n) is 7.67. The lowest BCUT2D eigenvalue weighted by Crippen LogP contribution is -2.11. The lowest BCUT2D eigenvalue weighted by molar-refractivity contribution is -0.114. The summed E-state index contributed by atoms with van der Waals surface area (Å²) in [6.07, 6.45) is 0. The molecule has 4 nitrogen and oxygen atoms in total. The van der Waals surface area contributed by atoms with Gasteiger partial charge in [-0.05, 0) is 6.07 Å². The van der Waals surface area contributed by atoms with E-state index in [1.165, 1.54) is 0 Å². The molecule has 0 aliphatic heterocycles. The van der Waals surface area contributed by atoms with Crippen LogP contribution in [0.15, 0.2) is 12.1 Å². The fourth-order valence-corrected chi connectivity index (χ4v) is 1.03. The number of carboxylic acids is 1. The number of amides is 1. The molecule has 0 saturated heterocycles. The molecule has 0 fully saturated rings. The van der Waals surface area contributed by atoms with Crippen molar-refractivity contribution in [2.24, 2.45) is 0 Å². The molecule has 0 heterocycles. The third-order valence-corrected chi connectivity index (χ3v) is 1.58. The highest BCUT2D eigenvalue weighted by molar-refractivity contribution is 5.93. The summed E-state index contributed by atoms with van der Waals surface area (Å²) in [4.78, 5) is 21.1.